The predicted molar refractivity (Wildman–Crippen MR) is 83.6 cm³/mol. The van der Waals surface area contributed by atoms with Gasteiger partial charge < -0.3 is 0 Å². The van der Waals surface area contributed by atoms with Crippen LogP contribution in [0.1, 0.15) is 78.6 Å². The molecule has 0 aromatic carbocycles. The number of nitrogens with zero attached hydrogens (tertiary/aromatic N) is 1. The molecule has 0 heterocycles. The minimum Gasteiger partial charge on any atom is -0.298 e. The van der Waals surface area contributed by atoms with Crippen molar-refractivity contribution in [3.63, 3.8) is 0 Å². The minimum atomic E-state index is 1.17. The molecule has 0 aliphatic heterocycles. The molecule has 0 aromatic rings. The van der Waals surface area contributed by atoms with E-state index in [0.29, 0.717) is 0 Å². The molecule has 0 aromatic heterocycles. The molecule has 0 saturated carbocycles. The Kier molecular flexibility index (Phi) is 11.6. The molecule has 18 heavy (non-hydrogen) atoms. The van der Waals surface area contributed by atoms with Crippen molar-refractivity contribution in [2.45, 2.75) is 78.6 Å². The van der Waals surface area contributed by atoms with Crippen molar-refractivity contribution in [3.8, 4) is 0 Å². The highest BCUT2D eigenvalue weighted by molar-refractivity contribution is 4.60. The number of hydrogen-bond donors (Lipinski definition) is 0. The molecule has 0 unspecified atom stereocenters. The van der Waals surface area contributed by atoms with E-state index in [2.05, 4.69) is 33.6 Å². The summed E-state index contributed by atoms with van der Waals surface area (Å²) in [5, 5.41) is 0. The third kappa shape index (κ3) is 7.92. The first-order valence-corrected chi connectivity index (χ1v) is 8.24. The third-order valence-corrected chi connectivity index (χ3v) is 4.01. The summed E-state index contributed by atoms with van der Waals surface area (Å²) in [5.41, 5.74) is 0. The highest BCUT2D eigenvalue weighted by atomic mass is 15.3. The molecular weight excluding hydrogens is 218 g/mol. The average Bonchev–Trinajstić information content (AvgIpc) is 2.39. The molecule has 0 saturated heterocycles. The Bertz CT molecular complexity index is 160. The first-order valence-electron chi connectivity index (χ1n) is 8.24. The van der Waals surface area contributed by atoms with Crippen LogP contribution in [0.4, 0.5) is 0 Å². The van der Waals surface area contributed by atoms with Crippen LogP contribution in [0.15, 0.2) is 12.8 Å². The van der Waals surface area contributed by atoms with Crippen molar-refractivity contribution in [1.82, 2.24) is 0 Å². The van der Waals surface area contributed by atoms with Gasteiger partial charge in [-0.2, -0.15) is 0 Å². The van der Waals surface area contributed by atoms with Crippen LogP contribution < -0.4 is 0 Å². The number of hydrogen-bond acceptors (Lipinski definition) is 0. The van der Waals surface area contributed by atoms with Crippen molar-refractivity contribution < 1.29 is 4.48 Å². The van der Waals surface area contributed by atoms with Gasteiger partial charge in [0.15, 0.2) is 0 Å². The van der Waals surface area contributed by atoms with Crippen molar-refractivity contribution in [1.29, 1.82) is 0 Å². The predicted octanol–water partition coefficient (Wildman–Crippen LogP) is 5.52. The fourth-order valence-corrected chi connectivity index (χ4v) is 2.64. The van der Waals surface area contributed by atoms with Gasteiger partial charge in [0.2, 0.25) is 0 Å². The monoisotopic (exact) mass is 254 g/mol. The zero-order valence-corrected chi connectivity index (χ0v) is 13.2. The Labute approximate surface area is 116 Å². The zero-order valence-electron chi connectivity index (χ0n) is 13.2. The minimum absolute atomic E-state index is 1.17. The van der Waals surface area contributed by atoms with Gasteiger partial charge >= 0.3 is 0 Å². The quantitative estimate of drug-likeness (QED) is 0.300. The van der Waals surface area contributed by atoms with Crippen LogP contribution in [0.25, 0.3) is 0 Å². The molecule has 1 heteroatoms. The van der Waals surface area contributed by atoms with E-state index < -0.39 is 0 Å². The summed E-state index contributed by atoms with van der Waals surface area (Å²) in [4.78, 5) is 0. The molecular formula is C17H36N+. The standard InChI is InChI=1S/C17H36N/c1-5-9-12-15-18(8-4,16-13-10-6-2)17-14-11-7-3/h8H,4-7,9-17H2,1-3H3/q+1. The van der Waals surface area contributed by atoms with Crippen LogP contribution in [0.2, 0.25) is 0 Å². The van der Waals surface area contributed by atoms with E-state index in [4.69, 9.17) is 0 Å². The Morgan fingerprint density at radius 2 is 1.00 bits per heavy atom. The van der Waals surface area contributed by atoms with E-state index in [1.807, 2.05) is 0 Å². The van der Waals surface area contributed by atoms with E-state index >= 15 is 0 Å². The molecule has 0 spiro atoms. The van der Waals surface area contributed by atoms with Crippen molar-refractivity contribution in [3.05, 3.63) is 12.8 Å². The summed E-state index contributed by atoms with van der Waals surface area (Å²) in [6.07, 6.45) is 14.4. The van der Waals surface area contributed by atoms with Gasteiger partial charge in [-0.25, -0.2) is 0 Å². The maximum Gasteiger partial charge on any atom is 0.0885 e. The Balaban J connectivity index is 4.25. The third-order valence-electron chi connectivity index (χ3n) is 4.01. The molecule has 0 bridgehead atoms. The van der Waals surface area contributed by atoms with Gasteiger partial charge in [0.25, 0.3) is 0 Å². The van der Waals surface area contributed by atoms with E-state index in [1.54, 1.807) is 0 Å². The Hall–Kier alpha value is -0.300. The molecule has 108 valence electrons. The van der Waals surface area contributed by atoms with Gasteiger partial charge in [0.05, 0.1) is 25.8 Å². The van der Waals surface area contributed by atoms with Crippen LogP contribution in [-0.2, 0) is 0 Å². The van der Waals surface area contributed by atoms with Crippen LogP contribution in [0.5, 0.6) is 0 Å². The Morgan fingerprint density at radius 1 is 0.667 bits per heavy atom. The smallest absolute Gasteiger partial charge is 0.0885 e. The SMILES string of the molecule is C=C[N+](CCCCC)(CCCCC)CCCCC. The van der Waals surface area contributed by atoms with Crippen LogP contribution >= 0.6 is 0 Å². The lowest BCUT2D eigenvalue weighted by Crippen LogP contribution is -2.45. The van der Waals surface area contributed by atoms with Crippen molar-refractivity contribution >= 4 is 0 Å². The number of rotatable bonds is 13. The van der Waals surface area contributed by atoms with Gasteiger partial charge in [-0.05, 0) is 45.1 Å². The molecule has 0 N–H and O–H groups in total. The molecule has 0 atom stereocenters. The summed E-state index contributed by atoms with van der Waals surface area (Å²) in [5.74, 6) is 0. The highest BCUT2D eigenvalue weighted by Gasteiger charge is 2.22. The zero-order chi connectivity index (χ0) is 13.7. The molecule has 0 amide bonds. The lowest BCUT2D eigenvalue weighted by molar-refractivity contribution is -0.880. The van der Waals surface area contributed by atoms with Crippen LogP contribution in [0.3, 0.4) is 0 Å². The van der Waals surface area contributed by atoms with Gasteiger partial charge in [-0.3, -0.25) is 4.48 Å². The summed E-state index contributed by atoms with van der Waals surface area (Å²) >= 11 is 0. The maximum absolute atomic E-state index is 4.14. The number of quaternary nitrogens is 1. The first-order chi connectivity index (χ1) is 8.74. The summed E-state index contributed by atoms with van der Waals surface area (Å²) in [7, 11) is 0. The van der Waals surface area contributed by atoms with Gasteiger partial charge in [0, 0.05) is 0 Å². The topological polar surface area (TPSA) is 0 Å². The molecule has 1 nitrogen and oxygen atoms in total. The van der Waals surface area contributed by atoms with E-state index in [-0.39, 0.29) is 0 Å². The number of unbranched alkanes of at least 4 members (excludes halogenated alkanes) is 6. The second kappa shape index (κ2) is 11.8. The molecule has 0 fully saturated rings. The largest absolute Gasteiger partial charge is 0.298 e. The van der Waals surface area contributed by atoms with Crippen LogP contribution in [-0.4, -0.2) is 24.1 Å². The molecule has 0 aliphatic carbocycles. The van der Waals surface area contributed by atoms with E-state index in [0.717, 1.165) is 0 Å². The molecule has 0 radical (unpaired) electrons. The summed E-state index contributed by atoms with van der Waals surface area (Å²) in [6.45, 7) is 14.9. The fourth-order valence-electron chi connectivity index (χ4n) is 2.64. The molecule has 0 aliphatic rings. The molecule has 0 rings (SSSR count). The fraction of sp³-hybridized carbons (Fsp3) is 0.882. The van der Waals surface area contributed by atoms with Crippen LogP contribution in [0, 0.1) is 0 Å². The van der Waals surface area contributed by atoms with Gasteiger partial charge in [0.1, 0.15) is 0 Å². The second-order valence-corrected chi connectivity index (χ2v) is 5.69. The van der Waals surface area contributed by atoms with Gasteiger partial charge in [-0.1, -0.05) is 40.0 Å². The van der Waals surface area contributed by atoms with Gasteiger partial charge in [-0.15, -0.1) is 0 Å². The van der Waals surface area contributed by atoms with E-state index in [1.165, 1.54) is 81.9 Å². The maximum atomic E-state index is 4.14. The Morgan fingerprint density at radius 3 is 1.22 bits per heavy atom. The van der Waals surface area contributed by atoms with Crippen molar-refractivity contribution in [2.24, 2.45) is 0 Å². The summed E-state index contributed by atoms with van der Waals surface area (Å²) in [6, 6.07) is 0. The first kappa shape index (κ1) is 17.7. The highest BCUT2D eigenvalue weighted by Crippen LogP contribution is 2.16. The normalized spacial score (nSPS) is 11.7. The van der Waals surface area contributed by atoms with E-state index in [9.17, 15) is 0 Å². The lowest BCUT2D eigenvalue weighted by atomic mass is 10.1. The second-order valence-electron chi connectivity index (χ2n) is 5.69. The van der Waals surface area contributed by atoms with Crippen molar-refractivity contribution in [2.75, 3.05) is 19.6 Å². The summed E-state index contributed by atoms with van der Waals surface area (Å²) < 4.78 is 1.17. The lowest BCUT2D eigenvalue weighted by Gasteiger charge is -2.35. The average molecular weight is 254 g/mol.